The van der Waals surface area contributed by atoms with Gasteiger partial charge in [-0.05, 0) is 12.1 Å². The third-order valence-electron chi connectivity index (χ3n) is 4.11. The summed E-state index contributed by atoms with van der Waals surface area (Å²) >= 11 is 1.28. The molecule has 7 heteroatoms. The fourth-order valence-corrected chi connectivity index (χ4v) is 3.70. The molecule has 4 aromatic rings. The standard InChI is InChI=1S/C22H16N4O2S/c27-20(17-12-7-13-23-14-17)25-26-21(28)19-18(15-8-3-1-4-9-15)24-22(29-19)16-10-5-2-6-11-16/h1-14H,(H,25,27)(H,26,28). The van der Waals surface area contributed by atoms with E-state index < -0.39 is 11.8 Å². The summed E-state index contributed by atoms with van der Waals surface area (Å²) in [5.41, 5.74) is 7.58. The molecule has 6 nitrogen and oxygen atoms in total. The second-order valence-electron chi connectivity index (χ2n) is 6.08. The second kappa shape index (κ2) is 8.45. The number of nitrogens with zero attached hydrogens (tertiary/aromatic N) is 2. The van der Waals surface area contributed by atoms with Crippen molar-refractivity contribution in [3.8, 4) is 21.8 Å². The van der Waals surface area contributed by atoms with Crippen LogP contribution in [0.3, 0.4) is 0 Å². The van der Waals surface area contributed by atoms with E-state index in [4.69, 9.17) is 4.98 Å². The summed E-state index contributed by atoms with van der Waals surface area (Å²) in [5, 5.41) is 0.730. The van der Waals surface area contributed by atoms with E-state index in [9.17, 15) is 9.59 Å². The van der Waals surface area contributed by atoms with Gasteiger partial charge in [-0.3, -0.25) is 25.4 Å². The summed E-state index contributed by atoms with van der Waals surface area (Å²) in [7, 11) is 0. The van der Waals surface area contributed by atoms with Crippen molar-refractivity contribution in [2.45, 2.75) is 0 Å². The number of aromatic nitrogens is 2. The maximum absolute atomic E-state index is 12.8. The minimum atomic E-state index is -0.444. The summed E-state index contributed by atoms with van der Waals surface area (Å²) in [6.45, 7) is 0. The number of pyridine rings is 1. The molecule has 0 fully saturated rings. The van der Waals surface area contributed by atoms with Crippen LogP contribution in [0.4, 0.5) is 0 Å². The monoisotopic (exact) mass is 400 g/mol. The Kier molecular flexibility index (Phi) is 5.40. The molecule has 0 atom stereocenters. The number of hydrogen-bond donors (Lipinski definition) is 2. The van der Waals surface area contributed by atoms with Gasteiger partial charge in [-0.1, -0.05) is 60.7 Å². The van der Waals surface area contributed by atoms with Crippen LogP contribution in [-0.4, -0.2) is 21.8 Å². The first-order valence-electron chi connectivity index (χ1n) is 8.85. The van der Waals surface area contributed by atoms with E-state index in [-0.39, 0.29) is 0 Å². The van der Waals surface area contributed by atoms with Crippen LogP contribution in [0.15, 0.2) is 85.2 Å². The summed E-state index contributed by atoms with van der Waals surface area (Å²) in [6.07, 6.45) is 3.00. The summed E-state index contributed by atoms with van der Waals surface area (Å²) in [6, 6.07) is 22.4. The molecule has 2 aromatic carbocycles. The first-order chi connectivity index (χ1) is 14.2. The molecule has 0 spiro atoms. The molecular formula is C22H16N4O2S. The molecule has 2 aromatic heterocycles. The van der Waals surface area contributed by atoms with Crippen molar-refractivity contribution in [1.29, 1.82) is 0 Å². The molecular weight excluding hydrogens is 384 g/mol. The van der Waals surface area contributed by atoms with Gasteiger partial charge in [-0.2, -0.15) is 0 Å². The first-order valence-corrected chi connectivity index (χ1v) is 9.66. The minimum Gasteiger partial charge on any atom is -0.267 e. The Balaban J connectivity index is 1.62. The SMILES string of the molecule is O=C(NNC(=O)c1sc(-c2ccccc2)nc1-c1ccccc1)c1cccnc1. The number of benzene rings is 2. The molecule has 0 aliphatic heterocycles. The number of carbonyl (C=O) groups is 2. The fraction of sp³-hybridized carbons (Fsp3) is 0. The van der Waals surface area contributed by atoms with Crippen molar-refractivity contribution in [3.63, 3.8) is 0 Å². The highest BCUT2D eigenvalue weighted by Crippen LogP contribution is 2.33. The lowest BCUT2D eigenvalue weighted by molar-refractivity contribution is 0.0849. The highest BCUT2D eigenvalue weighted by molar-refractivity contribution is 7.17. The van der Waals surface area contributed by atoms with Gasteiger partial charge in [-0.15, -0.1) is 11.3 Å². The molecule has 0 radical (unpaired) electrons. The molecule has 0 saturated carbocycles. The quantitative estimate of drug-likeness (QED) is 0.508. The lowest BCUT2D eigenvalue weighted by Gasteiger charge is -2.07. The highest BCUT2D eigenvalue weighted by atomic mass is 32.1. The van der Waals surface area contributed by atoms with Crippen LogP contribution in [-0.2, 0) is 0 Å². The molecule has 29 heavy (non-hydrogen) atoms. The molecule has 0 saturated heterocycles. The Labute approximate surface area is 171 Å². The smallest absolute Gasteiger partial charge is 0.267 e. The number of nitrogens with one attached hydrogen (secondary N) is 2. The van der Waals surface area contributed by atoms with E-state index in [1.54, 1.807) is 18.3 Å². The Morgan fingerprint density at radius 3 is 2.07 bits per heavy atom. The van der Waals surface area contributed by atoms with E-state index in [0.29, 0.717) is 16.1 Å². The van der Waals surface area contributed by atoms with Crippen LogP contribution in [0.5, 0.6) is 0 Å². The van der Waals surface area contributed by atoms with E-state index in [1.807, 2.05) is 60.7 Å². The number of rotatable bonds is 4. The van der Waals surface area contributed by atoms with Crippen molar-refractivity contribution < 1.29 is 9.59 Å². The van der Waals surface area contributed by atoms with Crippen molar-refractivity contribution in [1.82, 2.24) is 20.8 Å². The Bertz CT molecular complexity index is 1130. The predicted molar refractivity (Wildman–Crippen MR) is 112 cm³/mol. The number of hydrogen-bond acceptors (Lipinski definition) is 5. The zero-order valence-electron chi connectivity index (χ0n) is 15.2. The van der Waals surface area contributed by atoms with Gasteiger partial charge in [0.25, 0.3) is 11.8 Å². The third kappa shape index (κ3) is 4.20. The third-order valence-corrected chi connectivity index (χ3v) is 5.22. The molecule has 2 N–H and O–H groups in total. The Morgan fingerprint density at radius 2 is 1.41 bits per heavy atom. The van der Waals surface area contributed by atoms with Crippen molar-refractivity contribution in [2.24, 2.45) is 0 Å². The van der Waals surface area contributed by atoms with Crippen LogP contribution in [0.25, 0.3) is 21.8 Å². The fourth-order valence-electron chi connectivity index (χ4n) is 2.71. The normalized spacial score (nSPS) is 10.3. The van der Waals surface area contributed by atoms with Gasteiger partial charge in [0, 0.05) is 23.5 Å². The van der Waals surface area contributed by atoms with E-state index in [2.05, 4.69) is 15.8 Å². The van der Waals surface area contributed by atoms with Gasteiger partial charge in [0.15, 0.2) is 0 Å². The van der Waals surface area contributed by atoms with Gasteiger partial charge in [0.2, 0.25) is 0 Å². The minimum absolute atomic E-state index is 0.352. The second-order valence-corrected chi connectivity index (χ2v) is 7.08. The number of amides is 2. The number of thiazole rings is 1. The van der Waals surface area contributed by atoms with Gasteiger partial charge in [-0.25, -0.2) is 4.98 Å². The largest absolute Gasteiger partial charge is 0.282 e. The molecule has 2 amide bonds. The Hall–Kier alpha value is -3.84. The van der Waals surface area contributed by atoms with Gasteiger partial charge in [0.05, 0.1) is 11.3 Å². The summed E-state index contributed by atoms with van der Waals surface area (Å²) in [4.78, 5) is 34.0. The molecule has 2 heterocycles. The zero-order valence-corrected chi connectivity index (χ0v) is 16.0. The lowest BCUT2D eigenvalue weighted by Crippen LogP contribution is -2.41. The van der Waals surface area contributed by atoms with Crippen molar-refractivity contribution in [2.75, 3.05) is 0 Å². The van der Waals surface area contributed by atoms with Gasteiger partial charge < -0.3 is 0 Å². The average molecular weight is 400 g/mol. The van der Waals surface area contributed by atoms with Crippen LogP contribution < -0.4 is 10.9 Å². The predicted octanol–water partition coefficient (Wildman–Crippen LogP) is 3.95. The average Bonchev–Trinajstić information content (AvgIpc) is 3.25. The number of carbonyl (C=O) groups excluding carboxylic acids is 2. The van der Waals surface area contributed by atoms with Gasteiger partial charge >= 0.3 is 0 Å². The molecule has 0 bridgehead atoms. The van der Waals surface area contributed by atoms with Crippen molar-refractivity contribution in [3.05, 3.63) is 95.6 Å². The van der Waals surface area contributed by atoms with Crippen LogP contribution in [0.1, 0.15) is 20.0 Å². The summed E-state index contributed by atoms with van der Waals surface area (Å²) in [5.74, 6) is -0.874. The molecule has 0 unspecified atom stereocenters. The topological polar surface area (TPSA) is 84.0 Å². The highest BCUT2D eigenvalue weighted by Gasteiger charge is 2.20. The maximum Gasteiger partial charge on any atom is 0.282 e. The van der Waals surface area contributed by atoms with E-state index >= 15 is 0 Å². The number of hydrazine groups is 1. The molecule has 142 valence electrons. The van der Waals surface area contributed by atoms with E-state index in [0.717, 1.165) is 16.1 Å². The molecule has 0 aliphatic rings. The lowest BCUT2D eigenvalue weighted by atomic mass is 10.1. The summed E-state index contributed by atoms with van der Waals surface area (Å²) < 4.78 is 0. The van der Waals surface area contributed by atoms with E-state index in [1.165, 1.54) is 17.5 Å². The van der Waals surface area contributed by atoms with Crippen LogP contribution in [0.2, 0.25) is 0 Å². The zero-order chi connectivity index (χ0) is 20.1. The van der Waals surface area contributed by atoms with Crippen molar-refractivity contribution >= 4 is 23.2 Å². The molecule has 0 aliphatic carbocycles. The van der Waals surface area contributed by atoms with Gasteiger partial charge in [0.1, 0.15) is 9.88 Å². The first kappa shape index (κ1) is 18.5. The van der Waals surface area contributed by atoms with Crippen LogP contribution >= 0.6 is 11.3 Å². The molecule has 4 rings (SSSR count). The maximum atomic E-state index is 12.8. The Morgan fingerprint density at radius 1 is 0.759 bits per heavy atom. The van der Waals surface area contributed by atoms with Crippen LogP contribution in [0, 0.1) is 0 Å².